The van der Waals surface area contributed by atoms with Crippen LogP contribution in [0.1, 0.15) is 42.5 Å². The topological polar surface area (TPSA) is 36.7 Å². The van der Waals surface area contributed by atoms with Gasteiger partial charge in [-0.2, -0.15) is 5.26 Å². The molecule has 0 aliphatic rings. The van der Waals surface area contributed by atoms with Crippen molar-refractivity contribution in [3.8, 4) is 6.07 Å². The molecule has 0 atom stereocenters. The van der Waals surface area contributed by atoms with Crippen molar-refractivity contribution in [2.75, 3.05) is 5.75 Å². The Morgan fingerprint density at radius 3 is 2.73 bits per heavy atom. The Labute approximate surface area is 164 Å². The van der Waals surface area contributed by atoms with Gasteiger partial charge < -0.3 is 0 Å². The van der Waals surface area contributed by atoms with Gasteiger partial charge in [-0.05, 0) is 55.0 Å². The van der Waals surface area contributed by atoms with Crippen molar-refractivity contribution >= 4 is 39.8 Å². The molecule has 0 fully saturated rings. The van der Waals surface area contributed by atoms with Crippen LogP contribution >= 0.6 is 23.1 Å². The summed E-state index contributed by atoms with van der Waals surface area (Å²) >= 11 is 3.22. The zero-order chi connectivity index (χ0) is 19.1. The van der Waals surface area contributed by atoms with Gasteiger partial charge in [0.15, 0.2) is 0 Å². The summed E-state index contributed by atoms with van der Waals surface area (Å²) in [7, 11) is 0. The fourth-order valence-electron chi connectivity index (χ4n) is 2.30. The smallest absolute Gasteiger partial charge is 0.115 e. The Hall–Kier alpha value is -2.35. The minimum Gasteiger partial charge on any atom is -0.240 e. The molecule has 0 aliphatic carbocycles. The molecule has 2 aromatic rings. The van der Waals surface area contributed by atoms with E-state index in [1.54, 1.807) is 23.1 Å². The molecular weight excluding hydrogens is 356 g/mol. The Kier molecular flexibility index (Phi) is 7.20. The van der Waals surface area contributed by atoms with E-state index in [0.717, 1.165) is 37.9 Å². The van der Waals surface area contributed by atoms with Gasteiger partial charge in [-0.3, -0.25) is 0 Å². The molecule has 0 radical (unpaired) electrons. The molecule has 2 aromatic heterocycles. The highest BCUT2D eigenvalue weighted by molar-refractivity contribution is 7.99. The first-order valence-corrected chi connectivity index (χ1v) is 10.1. The molecule has 0 bridgehead atoms. The van der Waals surface area contributed by atoms with Gasteiger partial charge in [0.1, 0.15) is 11.1 Å². The molecule has 0 N–H and O–H groups in total. The second-order valence-corrected chi connectivity index (χ2v) is 7.78. The second-order valence-electron chi connectivity index (χ2n) is 5.87. The quantitative estimate of drug-likeness (QED) is 0.391. The number of thiophene rings is 1. The third kappa shape index (κ3) is 4.85. The third-order valence-electron chi connectivity index (χ3n) is 3.75. The van der Waals surface area contributed by atoms with Crippen molar-refractivity contribution < 1.29 is 0 Å². The average Bonchev–Trinajstić information content (AvgIpc) is 3.17. The molecular formula is C22H22N2S2. The lowest BCUT2D eigenvalue weighted by Crippen LogP contribution is -1.99. The number of nitrogens with zero attached hydrogens (tertiary/aromatic N) is 2. The molecule has 0 spiro atoms. The fraction of sp³-hybridized carbons (Fsp3) is 0.182. The van der Waals surface area contributed by atoms with E-state index in [1.807, 2.05) is 56.5 Å². The van der Waals surface area contributed by atoms with E-state index in [4.69, 9.17) is 0 Å². The lowest BCUT2D eigenvalue weighted by Gasteiger charge is -2.13. The first-order chi connectivity index (χ1) is 12.5. The highest BCUT2D eigenvalue weighted by Gasteiger charge is 2.15. The number of thioether (sulfide) groups is 1. The van der Waals surface area contributed by atoms with Crippen molar-refractivity contribution in [1.29, 1.82) is 5.26 Å². The number of hydrogen-bond donors (Lipinski definition) is 0. The van der Waals surface area contributed by atoms with Crippen LogP contribution in [0.2, 0.25) is 0 Å². The van der Waals surface area contributed by atoms with Crippen molar-refractivity contribution in [3.63, 3.8) is 0 Å². The summed E-state index contributed by atoms with van der Waals surface area (Å²) in [5.74, 6) is 0.693. The molecule has 2 nitrogen and oxygen atoms in total. The molecule has 0 saturated carbocycles. The first kappa shape index (κ1) is 20.0. The number of pyridine rings is 1. The molecule has 0 aromatic carbocycles. The van der Waals surface area contributed by atoms with Crippen LogP contribution < -0.4 is 0 Å². The van der Waals surface area contributed by atoms with E-state index in [-0.39, 0.29) is 0 Å². The van der Waals surface area contributed by atoms with Gasteiger partial charge in [0.05, 0.1) is 11.3 Å². The Morgan fingerprint density at radius 1 is 1.38 bits per heavy atom. The molecule has 0 amide bonds. The summed E-state index contributed by atoms with van der Waals surface area (Å²) in [6.07, 6.45) is 5.96. The Balaban J connectivity index is 2.43. The predicted molar refractivity (Wildman–Crippen MR) is 116 cm³/mol. The molecule has 4 heteroatoms. The highest BCUT2D eigenvalue weighted by atomic mass is 32.2. The van der Waals surface area contributed by atoms with Crippen molar-refractivity contribution in [1.82, 2.24) is 4.98 Å². The summed E-state index contributed by atoms with van der Waals surface area (Å²) in [4.78, 5) is 5.84. The number of rotatable bonds is 7. The molecule has 0 unspecified atom stereocenters. The second kappa shape index (κ2) is 9.38. The van der Waals surface area contributed by atoms with Gasteiger partial charge in [-0.1, -0.05) is 37.5 Å². The zero-order valence-electron chi connectivity index (χ0n) is 15.4. The molecule has 0 saturated heterocycles. The fourth-order valence-corrected chi connectivity index (χ4v) is 4.02. The van der Waals surface area contributed by atoms with E-state index >= 15 is 0 Å². The lowest BCUT2D eigenvalue weighted by atomic mass is 10.0. The molecule has 0 aliphatic heterocycles. The van der Waals surface area contributed by atoms with Gasteiger partial charge in [-0.15, -0.1) is 23.1 Å². The predicted octanol–water partition coefficient (Wildman–Crippen LogP) is 6.83. The Morgan fingerprint density at radius 2 is 2.15 bits per heavy atom. The largest absolute Gasteiger partial charge is 0.240 e. The third-order valence-corrected chi connectivity index (χ3v) is 5.79. The van der Waals surface area contributed by atoms with Crippen LogP contribution in [0.15, 0.2) is 60.0 Å². The average molecular weight is 379 g/mol. The zero-order valence-corrected chi connectivity index (χ0v) is 17.0. The SMILES string of the molecule is C=C(C)c1cc(/C(C)=C/C=C\C)c(C#N)c(SCC(=C)c2cccs2)n1. The lowest BCUT2D eigenvalue weighted by molar-refractivity contribution is 1.08. The molecule has 132 valence electrons. The molecule has 2 rings (SSSR count). The van der Waals surface area contributed by atoms with E-state index in [0.29, 0.717) is 11.3 Å². The van der Waals surface area contributed by atoms with Gasteiger partial charge in [-0.25, -0.2) is 4.98 Å². The van der Waals surface area contributed by atoms with E-state index < -0.39 is 0 Å². The van der Waals surface area contributed by atoms with E-state index in [1.165, 1.54) is 0 Å². The summed E-state index contributed by atoms with van der Waals surface area (Å²) in [5, 5.41) is 12.5. The van der Waals surface area contributed by atoms with Crippen LogP contribution in [0, 0.1) is 11.3 Å². The van der Waals surface area contributed by atoms with Crippen LogP contribution in [0.25, 0.3) is 16.7 Å². The standard InChI is InChI=1S/C22H22N2S2/c1-6-7-9-16(4)18-12-20(15(2)3)24-22(19(18)13-23)26-14-17(5)21-10-8-11-25-21/h6-12H,2,5,14H2,1,3-4H3/b7-6-,16-9+. The van der Waals surface area contributed by atoms with Crippen LogP contribution in [0.4, 0.5) is 0 Å². The first-order valence-electron chi connectivity index (χ1n) is 8.23. The van der Waals surface area contributed by atoms with Crippen LogP contribution in [0.5, 0.6) is 0 Å². The van der Waals surface area contributed by atoms with Gasteiger partial charge in [0.25, 0.3) is 0 Å². The number of allylic oxidation sites excluding steroid dienone is 5. The summed E-state index contributed by atoms with van der Waals surface area (Å²) in [6.45, 7) is 14.1. The molecule has 26 heavy (non-hydrogen) atoms. The number of nitriles is 1. The monoisotopic (exact) mass is 378 g/mol. The van der Waals surface area contributed by atoms with Crippen molar-refractivity contribution in [3.05, 3.63) is 76.7 Å². The summed E-state index contributed by atoms with van der Waals surface area (Å²) in [6, 6.07) is 8.37. The van der Waals surface area contributed by atoms with E-state index in [9.17, 15) is 5.26 Å². The summed E-state index contributed by atoms with van der Waals surface area (Å²) < 4.78 is 0. The maximum atomic E-state index is 9.76. The van der Waals surface area contributed by atoms with Gasteiger partial charge in [0.2, 0.25) is 0 Å². The minimum absolute atomic E-state index is 0.609. The maximum Gasteiger partial charge on any atom is 0.115 e. The number of hydrogen-bond acceptors (Lipinski definition) is 4. The van der Waals surface area contributed by atoms with Crippen molar-refractivity contribution in [2.45, 2.75) is 25.8 Å². The van der Waals surface area contributed by atoms with Gasteiger partial charge >= 0.3 is 0 Å². The van der Waals surface area contributed by atoms with Crippen LogP contribution in [-0.4, -0.2) is 10.7 Å². The molecule has 2 heterocycles. The normalized spacial score (nSPS) is 11.5. The maximum absolute atomic E-state index is 9.76. The number of aromatic nitrogens is 1. The summed E-state index contributed by atoms with van der Waals surface area (Å²) in [5.41, 5.74) is 5.28. The van der Waals surface area contributed by atoms with Crippen molar-refractivity contribution in [2.24, 2.45) is 0 Å². The van der Waals surface area contributed by atoms with Gasteiger partial charge in [0, 0.05) is 16.2 Å². The van der Waals surface area contributed by atoms with E-state index in [2.05, 4.69) is 30.3 Å². The van der Waals surface area contributed by atoms with Crippen LogP contribution in [-0.2, 0) is 0 Å². The highest BCUT2D eigenvalue weighted by Crippen LogP contribution is 2.32. The minimum atomic E-state index is 0.609. The Bertz CT molecular complexity index is 910. The van der Waals surface area contributed by atoms with Crippen LogP contribution in [0.3, 0.4) is 0 Å².